The maximum Gasteiger partial charge on any atom is 0.211 e. The molecule has 0 aliphatic heterocycles. The molecule has 0 bridgehead atoms. The van der Waals surface area contributed by atoms with E-state index in [2.05, 4.69) is 0 Å². The monoisotopic (exact) mass is 183 g/mol. The Hall–Kier alpha value is -0.170. The number of aliphatic hydroxyl groups is 2. The molecule has 5 nitrogen and oxygen atoms in total. The van der Waals surface area contributed by atoms with Crippen LogP contribution in [-0.2, 0) is 10.0 Å². The molecule has 0 aromatic carbocycles. The highest BCUT2D eigenvalue weighted by molar-refractivity contribution is 7.88. The molecule has 0 saturated heterocycles. The van der Waals surface area contributed by atoms with Gasteiger partial charge in [0.25, 0.3) is 0 Å². The summed E-state index contributed by atoms with van der Waals surface area (Å²) in [6.45, 7) is -0.376. The van der Waals surface area contributed by atoms with Gasteiger partial charge in [-0.2, -0.15) is 4.31 Å². The van der Waals surface area contributed by atoms with Crippen LogP contribution in [0.25, 0.3) is 0 Å². The number of hydrogen-bond donors (Lipinski definition) is 2. The molecule has 0 unspecified atom stereocenters. The number of rotatable bonds is 5. The van der Waals surface area contributed by atoms with Crippen molar-refractivity contribution in [1.29, 1.82) is 0 Å². The highest BCUT2D eigenvalue weighted by Crippen LogP contribution is 1.94. The molecule has 0 amide bonds. The fraction of sp³-hybridized carbons (Fsp3) is 1.00. The Morgan fingerprint density at radius 2 is 1.55 bits per heavy atom. The molecule has 0 aliphatic rings. The van der Waals surface area contributed by atoms with Gasteiger partial charge in [0.1, 0.15) is 0 Å². The highest BCUT2D eigenvalue weighted by atomic mass is 32.2. The molecular formula is C5H13NO4S. The van der Waals surface area contributed by atoms with Gasteiger partial charge in [-0.15, -0.1) is 0 Å². The predicted molar refractivity (Wildman–Crippen MR) is 40.6 cm³/mol. The first-order chi connectivity index (χ1) is 5.02. The van der Waals surface area contributed by atoms with Crippen molar-refractivity contribution in [1.82, 2.24) is 4.31 Å². The Morgan fingerprint density at radius 1 is 1.18 bits per heavy atom. The molecule has 6 heteroatoms. The lowest BCUT2D eigenvalue weighted by Crippen LogP contribution is -2.34. The normalized spacial score (nSPS) is 12.4. The average Bonchev–Trinajstić information content (AvgIpc) is 1.85. The molecular weight excluding hydrogens is 170 g/mol. The van der Waals surface area contributed by atoms with Gasteiger partial charge in [0, 0.05) is 13.1 Å². The number of nitrogens with zero attached hydrogens (tertiary/aromatic N) is 1. The van der Waals surface area contributed by atoms with Gasteiger partial charge in [0.15, 0.2) is 0 Å². The van der Waals surface area contributed by atoms with Crippen molar-refractivity contribution in [2.75, 3.05) is 32.6 Å². The summed E-state index contributed by atoms with van der Waals surface area (Å²) in [4.78, 5) is 0. The first-order valence-electron chi connectivity index (χ1n) is 3.19. The van der Waals surface area contributed by atoms with Gasteiger partial charge in [-0.1, -0.05) is 0 Å². The highest BCUT2D eigenvalue weighted by Gasteiger charge is 2.13. The number of hydrogen-bond acceptors (Lipinski definition) is 4. The van der Waals surface area contributed by atoms with E-state index in [0.717, 1.165) is 10.6 Å². The zero-order valence-electron chi connectivity index (χ0n) is 6.39. The molecule has 0 fully saturated rings. The summed E-state index contributed by atoms with van der Waals surface area (Å²) in [6, 6.07) is 0. The zero-order valence-corrected chi connectivity index (χ0v) is 7.21. The summed E-state index contributed by atoms with van der Waals surface area (Å²) in [6.07, 6.45) is 1.04. The van der Waals surface area contributed by atoms with Gasteiger partial charge in [-0.05, 0) is 0 Å². The average molecular weight is 183 g/mol. The molecule has 0 saturated carbocycles. The van der Waals surface area contributed by atoms with E-state index in [-0.39, 0.29) is 26.3 Å². The van der Waals surface area contributed by atoms with Crippen molar-refractivity contribution in [3.05, 3.63) is 0 Å². The quantitative estimate of drug-likeness (QED) is 0.529. The molecule has 0 aromatic heterocycles. The third-order valence-electron chi connectivity index (χ3n) is 1.17. The van der Waals surface area contributed by atoms with Crippen molar-refractivity contribution < 1.29 is 18.6 Å². The van der Waals surface area contributed by atoms with Crippen molar-refractivity contribution in [2.24, 2.45) is 0 Å². The lowest BCUT2D eigenvalue weighted by atomic mass is 10.6. The minimum absolute atomic E-state index is 0.0411. The topological polar surface area (TPSA) is 77.8 Å². The molecule has 0 radical (unpaired) electrons. The van der Waals surface area contributed by atoms with E-state index >= 15 is 0 Å². The molecule has 0 spiro atoms. The minimum Gasteiger partial charge on any atom is -0.395 e. The van der Waals surface area contributed by atoms with Crippen molar-refractivity contribution in [3.63, 3.8) is 0 Å². The van der Waals surface area contributed by atoms with E-state index in [9.17, 15) is 8.42 Å². The lowest BCUT2D eigenvalue weighted by molar-refractivity contribution is 0.218. The van der Waals surface area contributed by atoms with Gasteiger partial charge in [-0.25, -0.2) is 8.42 Å². The van der Waals surface area contributed by atoms with Crippen LogP contribution in [0, 0.1) is 0 Å². The van der Waals surface area contributed by atoms with Gasteiger partial charge in [0.2, 0.25) is 10.0 Å². The lowest BCUT2D eigenvalue weighted by Gasteiger charge is -2.16. The largest absolute Gasteiger partial charge is 0.395 e. The predicted octanol–water partition coefficient (Wildman–Crippen LogP) is -1.77. The zero-order chi connectivity index (χ0) is 8.91. The van der Waals surface area contributed by atoms with E-state index in [4.69, 9.17) is 10.2 Å². The maximum absolute atomic E-state index is 10.8. The van der Waals surface area contributed by atoms with Crippen LogP contribution in [0.3, 0.4) is 0 Å². The minimum atomic E-state index is -3.28. The number of sulfonamides is 1. The fourth-order valence-electron chi connectivity index (χ4n) is 0.667. The van der Waals surface area contributed by atoms with Gasteiger partial charge in [0.05, 0.1) is 19.5 Å². The van der Waals surface area contributed by atoms with Crippen LogP contribution < -0.4 is 0 Å². The first kappa shape index (κ1) is 10.8. The van der Waals surface area contributed by atoms with Crippen LogP contribution in [-0.4, -0.2) is 55.5 Å². The Kier molecular flexibility index (Phi) is 4.58. The summed E-state index contributed by atoms with van der Waals surface area (Å²) in [7, 11) is -3.28. The fourth-order valence-corrected chi connectivity index (χ4v) is 1.49. The Bertz CT molecular complexity index is 183. The van der Waals surface area contributed by atoms with Crippen LogP contribution in [0.5, 0.6) is 0 Å². The summed E-state index contributed by atoms with van der Waals surface area (Å²) in [5.41, 5.74) is 0. The van der Waals surface area contributed by atoms with E-state index < -0.39 is 10.0 Å². The first-order valence-corrected chi connectivity index (χ1v) is 5.04. The van der Waals surface area contributed by atoms with Crippen LogP contribution in [0.2, 0.25) is 0 Å². The Morgan fingerprint density at radius 3 is 1.73 bits per heavy atom. The van der Waals surface area contributed by atoms with E-state index in [0.29, 0.717) is 0 Å². The van der Waals surface area contributed by atoms with Crippen LogP contribution >= 0.6 is 0 Å². The van der Waals surface area contributed by atoms with Gasteiger partial charge < -0.3 is 10.2 Å². The molecule has 0 aromatic rings. The Balaban J connectivity index is 4.11. The van der Waals surface area contributed by atoms with Crippen molar-refractivity contribution in [3.8, 4) is 0 Å². The SMILES string of the molecule is CS(=O)(=O)N(CCO)CCO. The molecule has 0 aliphatic carbocycles. The van der Waals surface area contributed by atoms with Gasteiger partial charge in [-0.3, -0.25) is 0 Å². The van der Waals surface area contributed by atoms with Gasteiger partial charge >= 0.3 is 0 Å². The molecule has 0 heterocycles. The smallest absolute Gasteiger partial charge is 0.211 e. The Labute approximate surface area is 66.3 Å². The van der Waals surface area contributed by atoms with Crippen molar-refractivity contribution in [2.45, 2.75) is 0 Å². The summed E-state index contributed by atoms with van der Waals surface area (Å²) >= 11 is 0. The van der Waals surface area contributed by atoms with Crippen LogP contribution in [0.4, 0.5) is 0 Å². The second kappa shape index (κ2) is 4.66. The second-order valence-corrected chi connectivity index (χ2v) is 4.09. The van der Waals surface area contributed by atoms with E-state index in [1.807, 2.05) is 0 Å². The third kappa shape index (κ3) is 4.31. The van der Waals surface area contributed by atoms with E-state index in [1.165, 1.54) is 0 Å². The molecule has 0 rings (SSSR count). The second-order valence-electron chi connectivity index (χ2n) is 2.11. The third-order valence-corrected chi connectivity index (χ3v) is 2.47. The van der Waals surface area contributed by atoms with Crippen LogP contribution in [0.15, 0.2) is 0 Å². The maximum atomic E-state index is 10.8. The molecule has 11 heavy (non-hydrogen) atoms. The molecule has 0 atom stereocenters. The van der Waals surface area contributed by atoms with Crippen molar-refractivity contribution >= 4 is 10.0 Å². The van der Waals surface area contributed by atoms with Crippen LogP contribution in [0.1, 0.15) is 0 Å². The summed E-state index contributed by atoms with van der Waals surface area (Å²) in [5, 5.41) is 16.9. The summed E-state index contributed by atoms with van der Waals surface area (Å²) < 4.78 is 22.7. The molecule has 2 N–H and O–H groups in total. The number of aliphatic hydroxyl groups excluding tert-OH is 2. The standard InChI is InChI=1S/C5H13NO4S/c1-11(9,10)6(2-4-7)3-5-8/h7-8H,2-5H2,1H3. The molecule has 68 valence electrons. The summed E-state index contributed by atoms with van der Waals surface area (Å²) in [5.74, 6) is 0. The van der Waals surface area contributed by atoms with E-state index in [1.54, 1.807) is 0 Å².